The van der Waals surface area contributed by atoms with E-state index in [0.717, 1.165) is 0 Å². The van der Waals surface area contributed by atoms with Crippen LogP contribution in [0.25, 0.3) is 0 Å². The largest absolute Gasteiger partial charge is 0.390 e. The Kier molecular flexibility index (Phi) is 3.61. The number of carbonyl (C=O) groups is 1. The van der Waals surface area contributed by atoms with Crippen LogP contribution in [0, 0.1) is 0 Å². The molecule has 0 aliphatic carbocycles. The molecule has 1 aliphatic heterocycles. The fourth-order valence-electron chi connectivity index (χ4n) is 1.88. The second-order valence-corrected chi connectivity index (χ2v) is 4.51. The highest BCUT2D eigenvalue weighted by atomic mass is 35.5. The molecule has 92 valence electrons. The molecule has 0 saturated carbocycles. The SMILES string of the molecule is CN(C(=O)c1ccc(Cl)cn1)[C@H]1CNC[C@@H]1O. The van der Waals surface area contributed by atoms with Crippen molar-refractivity contribution >= 4 is 17.5 Å². The van der Waals surface area contributed by atoms with Crippen LogP contribution in [0.2, 0.25) is 5.02 Å². The van der Waals surface area contributed by atoms with Crippen LogP contribution in [-0.4, -0.2) is 53.2 Å². The van der Waals surface area contributed by atoms with Gasteiger partial charge in [0.25, 0.3) is 5.91 Å². The van der Waals surface area contributed by atoms with Crippen molar-refractivity contribution in [3.63, 3.8) is 0 Å². The van der Waals surface area contributed by atoms with Gasteiger partial charge in [-0.25, -0.2) is 4.98 Å². The van der Waals surface area contributed by atoms with Gasteiger partial charge in [0.2, 0.25) is 0 Å². The third-order valence-corrected chi connectivity index (χ3v) is 3.14. The van der Waals surface area contributed by atoms with Gasteiger partial charge in [0.05, 0.1) is 17.2 Å². The summed E-state index contributed by atoms with van der Waals surface area (Å²) in [5.41, 5.74) is 0.330. The number of aliphatic hydroxyl groups is 1. The molecular formula is C11H14ClN3O2. The van der Waals surface area contributed by atoms with Crippen LogP contribution >= 0.6 is 11.6 Å². The number of hydrogen-bond donors (Lipinski definition) is 2. The standard InChI is InChI=1S/C11H14ClN3O2/c1-15(9-5-13-6-10(9)16)11(17)8-3-2-7(12)4-14-8/h2-4,9-10,13,16H,5-6H2,1H3/t9-,10-/m0/s1. The van der Waals surface area contributed by atoms with Gasteiger partial charge in [-0.1, -0.05) is 11.6 Å². The van der Waals surface area contributed by atoms with Crippen molar-refractivity contribution in [2.24, 2.45) is 0 Å². The van der Waals surface area contributed by atoms with Crippen molar-refractivity contribution in [3.8, 4) is 0 Å². The van der Waals surface area contributed by atoms with E-state index in [4.69, 9.17) is 11.6 Å². The summed E-state index contributed by atoms with van der Waals surface area (Å²) in [6, 6.07) is 2.99. The molecule has 2 N–H and O–H groups in total. The van der Waals surface area contributed by atoms with E-state index >= 15 is 0 Å². The topological polar surface area (TPSA) is 65.5 Å². The summed E-state index contributed by atoms with van der Waals surface area (Å²) in [4.78, 5) is 17.6. The third kappa shape index (κ3) is 2.57. The van der Waals surface area contributed by atoms with Crippen LogP contribution in [0.4, 0.5) is 0 Å². The third-order valence-electron chi connectivity index (χ3n) is 2.92. The molecule has 0 bridgehead atoms. The van der Waals surface area contributed by atoms with Crippen molar-refractivity contribution in [2.45, 2.75) is 12.1 Å². The molecule has 0 spiro atoms. The number of aromatic nitrogens is 1. The van der Waals surface area contributed by atoms with Gasteiger partial charge in [-0.05, 0) is 12.1 Å². The Hall–Kier alpha value is -1.17. The zero-order chi connectivity index (χ0) is 12.4. The number of nitrogens with zero attached hydrogens (tertiary/aromatic N) is 2. The summed E-state index contributed by atoms with van der Waals surface area (Å²) in [7, 11) is 1.67. The molecule has 6 heteroatoms. The Balaban J connectivity index is 2.11. The van der Waals surface area contributed by atoms with E-state index in [2.05, 4.69) is 10.3 Å². The lowest BCUT2D eigenvalue weighted by Gasteiger charge is -2.26. The van der Waals surface area contributed by atoms with Crippen LogP contribution in [-0.2, 0) is 0 Å². The van der Waals surface area contributed by atoms with Crippen LogP contribution in [0.5, 0.6) is 0 Å². The minimum atomic E-state index is -0.531. The van der Waals surface area contributed by atoms with Crippen LogP contribution in [0.15, 0.2) is 18.3 Å². The summed E-state index contributed by atoms with van der Waals surface area (Å²) in [6.07, 6.45) is 0.905. The van der Waals surface area contributed by atoms with Crippen molar-refractivity contribution in [3.05, 3.63) is 29.0 Å². The molecule has 1 aromatic rings. The fraction of sp³-hybridized carbons (Fsp3) is 0.455. The molecule has 1 fully saturated rings. The summed E-state index contributed by atoms with van der Waals surface area (Å²) >= 11 is 5.71. The lowest BCUT2D eigenvalue weighted by molar-refractivity contribution is 0.0576. The first-order valence-electron chi connectivity index (χ1n) is 5.37. The molecular weight excluding hydrogens is 242 g/mol. The Bertz CT molecular complexity index is 410. The van der Waals surface area contributed by atoms with Crippen LogP contribution in [0.3, 0.4) is 0 Å². The molecule has 1 saturated heterocycles. The fourth-order valence-corrected chi connectivity index (χ4v) is 1.99. The number of carbonyl (C=O) groups excluding carboxylic acids is 1. The number of β-amino-alcohol motifs (C(OH)–C–C–N with tert-alkyl or cyclic N) is 1. The number of nitrogens with one attached hydrogen (secondary N) is 1. The highest BCUT2D eigenvalue weighted by Gasteiger charge is 2.31. The van der Waals surface area contributed by atoms with E-state index < -0.39 is 6.10 Å². The highest BCUT2D eigenvalue weighted by Crippen LogP contribution is 2.12. The highest BCUT2D eigenvalue weighted by molar-refractivity contribution is 6.30. The van der Waals surface area contributed by atoms with Crippen LogP contribution in [0.1, 0.15) is 10.5 Å². The van der Waals surface area contributed by atoms with Crippen molar-refractivity contribution in [1.29, 1.82) is 0 Å². The first-order chi connectivity index (χ1) is 8.09. The molecule has 2 heterocycles. The molecule has 5 nitrogen and oxygen atoms in total. The smallest absolute Gasteiger partial charge is 0.272 e. The zero-order valence-corrected chi connectivity index (χ0v) is 10.2. The summed E-state index contributed by atoms with van der Waals surface area (Å²) in [5.74, 6) is -0.214. The molecule has 1 amide bonds. The normalized spacial score (nSPS) is 23.7. The Morgan fingerprint density at radius 3 is 2.88 bits per heavy atom. The van der Waals surface area contributed by atoms with Gasteiger partial charge in [-0.3, -0.25) is 4.79 Å². The second-order valence-electron chi connectivity index (χ2n) is 4.07. The van der Waals surface area contributed by atoms with E-state index in [1.54, 1.807) is 19.2 Å². The number of aliphatic hydroxyl groups excluding tert-OH is 1. The molecule has 1 aliphatic rings. The van der Waals surface area contributed by atoms with E-state index in [-0.39, 0.29) is 11.9 Å². The quantitative estimate of drug-likeness (QED) is 0.789. The second kappa shape index (κ2) is 5.00. The number of hydrogen-bond acceptors (Lipinski definition) is 4. The first-order valence-corrected chi connectivity index (χ1v) is 5.75. The average molecular weight is 256 g/mol. The molecule has 0 aromatic carbocycles. The molecule has 2 atom stereocenters. The molecule has 17 heavy (non-hydrogen) atoms. The average Bonchev–Trinajstić information content (AvgIpc) is 2.74. The van der Waals surface area contributed by atoms with Gasteiger partial charge < -0.3 is 15.3 Å². The monoisotopic (exact) mass is 255 g/mol. The number of amides is 1. The van der Waals surface area contributed by atoms with E-state index in [9.17, 15) is 9.90 Å². The predicted octanol–water partition coefficient (Wildman–Crippen LogP) is 0.140. The zero-order valence-electron chi connectivity index (χ0n) is 9.43. The molecule has 0 radical (unpaired) electrons. The van der Waals surface area contributed by atoms with Crippen molar-refractivity contribution < 1.29 is 9.90 Å². The first kappa shape index (κ1) is 12.3. The summed E-state index contributed by atoms with van der Waals surface area (Å²) in [6.45, 7) is 1.10. The minimum Gasteiger partial charge on any atom is -0.390 e. The number of likely N-dealkylation sites (N-methyl/N-ethyl adjacent to an activating group) is 1. The lowest BCUT2D eigenvalue weighted by atomic mass is 10.2. The Morgan fingerprint density at radius 2 is 2.35 bits per heavy atom. The van der Waals surface area contributed by atoms with Gasteiger partial charge in [0.15, 0.2) is 0 Å². The van der Waals surface area contributed by atoms with Crippen molar-refractivity contribution in [1.82, 2.24) is 15.2 Å². The summed E-state index contributed by atoms with van der Waals surface area (Å²) in [5, 5.41) is 13.2. The maximum Gasteiger partial charge on any atom is 0.272 e. The maximum absolute atomic E-state index is 12.1. The van der Waals surface area contributed by atoms with Crippen molar-refractivity contribution in [2.75, 3.05) is 20.1 Å². The predicted molar refractivity (Wildman–Crippen MR) is 64.0 cm³/mol. The summed E-state index contributed by atoms with van der Waals surface area (Å²) < 4.78 is 0. The van der Waals surface area contributed by atoms with Gasteiger partial charge in [0, 0.05) is 26.3 Å². The number of rotatable bonds is 2. The molecule has 1 aromatic heterocycles. The lowest BCUT2D eigenvalue weighted by Crippen LogP contribution is -2.44. The van der Waals surface area contributed by atoms with Gasteiger partial charge in [-0.15, -0.1) is 0 Å². The number of pyridine rings is 1. The van der Waals surface area contributed by atoms with Gasteiger partial charge in [0.1, 0.15) is 5.69 Å². The van der Waals surface area contributed by atoms with E-state index in [0.29, 0.717) is 23.8 Å². The Labute approximate surface area is 104 Å². The molecule has 0 unspecified atom stereocenters. The van der Waals surface area contributed by atoms with Gasteiger partial charge >= 0.3 is 0 Å². The maximum atomic E-state index is 12.1. The number of halogens is 1. The Morgan fingerprint density at radius 1 is 1.59 bits per heavy atom. The van der Waals surface area contributed by atoms with Crippen LogP contribution < -0.4 is 5.32 Å². The minimum absolute atomic E-state index is 0.208. The van der Waals surface area contributed by atoms with E-state index in [1.165, 1.54) is 11.1 Å². The molecule has 2 rings (SSSR count). The van der Waals surface area contributed by atoms with E-state index in [1.807, 2.05) is 0 Å². The van der Waals surface area contributed by atoms with Gasteiger partial charge in [-0.2, -0.15) is 0 Å².